The highest BCUT2D eigenvalue weighted by molar-refractivity contribution is 5.87. The number of likely N-dealkylation sites (N-methyl/N-ethyl adjacent to an activating group) is 1. The molecule has 0 unspecified atom stereocenters. The van der Waals surface area contributed by atoms with Gasteiger partial charge in [-0.2, -0.15) is 0 Å². The molecule has 2 aromatic carbocycles. The molecule has 0 saturated carbocycles. The van der Waals surface area contributed by atoms with Crippen LogP contribution < -0.4 is 4.90 Å². The summed E-state index contributed by atoms with van der Waals surface area (Å²) in [5.41, 5.74) is 6.96. The molecule has 9 heterocycles. The number of nitrogens with zero attached hydrogens (tertiary/aromatic N) is 4. The van der Waals surface area contributed by atoms with Crippen LogP contribution in [0.3, 0.4) is 0 Å². The third-order valence-corrected chi connectivity index (χ3v) is 15.4. The molecule has 1 spiro atoms. The Kier molecular flexibility index (Phi) is 5.78. The zero-order valence-electron chi connectivity index (χ0n) is 29.4. The molecule has 8 heteroatoms. The van der Waals surface area contributed by atoms with Gasteiger partial charge in [0.05, 0.1) is 24.8 Å². The summed E-state index contributed by atoms with van der Waals surface area (Å²) in [6, 6.07) is 18.2. The van der Waals surface area contributed by atoms with Crippen LogP contribution in [0.5, 0.6) is 0 Å². The van der Waals surface area contributed by atoms with Gasteiger partial charge in [-0.15, -0.1) is 0 Å². The molecule has 3 aromatic rings. The number of aryl methyl sites for hydroxylation is 1. The number of anilines is 1. The lowest BCUT2D eigenvalue weighted by molar-refractivity contribution is -0.377. The van der Waals surface area contributed by atoms with E-state index in [-0.39, 0.29) is 41.3 Å². The van der Waals surface area contributed by atoms with Gasteiger partial charge in [-0.25, -0.2) is 4.79 Å². The standard InChI is InChI=1S/C41H48N4O4/c1-6-23-22-44-16-15-40-21-24-17-25-18-32-35-28(26-11-7-9-13-30(26)43(35)4)20-33(42(32)3)39(25,2)48-38(24)49-41(40)34(44)19-27(23)36(37(46)47-5)45(41)31-14-10-8-12-29(31)40/h6-14,24-25,27,32-34,36,38H,15-22H2,1-5H3/b23-6-/t24-,25-,27+,32-,33-,34+,36+,38+,39-,40+,41+/m1/s1. The Morgan fingerprint density at radius 3 is 2.67 bits per heavy atom. The molecule has 8 nitrogen and oxygen atoms in total. The molecule has 0 aliphatic carbocycles. The van der Waals surface area contributed by atoms with Gasteiger partial charge < -0.3 is 23.7 Å². The van der Waals surface area contributed by atoms with Gasteiger partial charge in [0.2, 0.25) is 0 Å². The first-order valence-corrected chi connectivity index (χ1v) is 18.7. The first-order chi connectivity index (χ1) is 23.8. The summed E-state index contributed by atoms with van der Waals surface area (Å²) < 4.78 is 23.5. The maximum absolute atomic E-state index is 14.0. The Hall–Kier alpha value is -3.17. The summed E-state index contributed by atoms with van der Waals surface area (Å²) >= 11 is 0. The largest absolute Gasteiger partial charge is 0.467 e. The third-order valence-electron chi connectivity index (χ3n) is 15.4. The second kappa shape index (κ2) is 9.58. The minimum Gasteiger partial charge on any atom is -0.467 e. The Morgan fingerprint density at radius 2 is 1.84 bits per heavy atom. The average molecular weight is 661 g/mol. The number of piperidine rings is 4. The molecule has 0 N–H and O–H groups in total. The lowest BCUT2D eigenvalue weighted by atomic mass is 9.54. The number of carbonyl (C=O) groups excluding carboxylic acids is 1. The molecule has 4 bridgehead atoms. The van der Waals surface area contributed by atoms with E-state index in [0.29, 0.717) is 17.9 Å². The number of benzene rings is 2. The van der Waals surface area contributed by atoms with Crippen molar-refractivity contribution in [3.05, 3.63) is 77.0 Å². The van der Waals surface area contributed by atoms with Crippen molar-refractivity contribution in [2.24, 2.45) is 24.8 Å². The number of ether oxygens (including phenoxy) is 3. The van der Waals surface area contributed by atoms with Crippen molar-refractivity contribution in [1.82, 2.24) is 14.4 Å². The van der Waals surface area contributed by atoms with Crippen molar-refractivity contribution in [3.63, 3.8) is 0 Å². The molecule has 11 rings (SSSR count). The van der Waals surface area contributed by atoms with Gasteiger partial charge >= 0.3 is 5.97 Å². The highest BCUT2D eigenvalue weighted by Gasteiger charge is 2.78. The number of hydrogen-bond donors (Lipinski definition) is 0. The second-order valence-corrected chi connectivity index (χ2v) is 16.8. The van der Waals surface area contributed by atoms with E-state index < -0.39 is 11.8 Å². The van der Waals surface area contributed by atoms with Gasteiger partial charge in [0.1, 0.15) is 6.04 Å². The van der Waals surface area contributed by atoms with E-state index >= 15 is 0 Å². The Morgan fingerprint density at radius 1 is 1.02 bits per heavy atom. The lowest BCUT2D eigenvalue weighted by Crippen LogP contribution is -2.84. The predicted molar refractivity (Wildman–Crippen MR) is 187 cm³/mol. The Bertz CT molecular complexity index is 1970. The van der Waals surface area contributed by atoms with Crippen molar-refractivity contribution in [2.75, 3.05) is 32.1 Å². The van der Waals surface area contributed by atoms with Crippen molar-refractivity contribution < 1.29 is 19.0 Å². The molecular weight excluding hydrogens is 612 g/mol. The second-order valence-electron chi connectivity index (χ2n) is 16.8. The van der Waals surface area contributed by atoms with Crippen molar-refractivity contribution in [1.29, 1.82) is 0 Å². The fourth-order valence-electron chi connectivity index (χ4n) is 13.4. The van der Waals surface area contributed by atoms with E-state index in [4.69, 9.17) is 14.2 Å². The minimum atomic E-state index is -0.688. The fourth-order valence-corrected chi connectivity index (χ4v) is 13.4. The van der Waals surface area contributed by atoms with Crippen LogP contribution in [-0.4, -0.2) is 83.3 Å². The molecular formula is C41H48N4O4. The maximum atomic E-state index is 14.0. The molecule has 8 aliphatic rings. The summed E-state index contributed by atoms with van der Waals surface area (Å²) in [7, 11) is 6.14. The van der Waals surface area contributed by atoms with Gasteiger partial charge in [-0.05, 0) is 88.6 Å². The van der Waals surface area contributed by atoms with E-state index in [9.17, 15) is 4.79 Å². The maximum Gasteiger partial charge on any atom is 0.329 e. The fraction of sp³-hybridized carbons (Fsp3) is 0.585. The number of fused-ring (bicyclic) bond motifs is 12. The molecule has 11 atom stereocenters. The zero-order chi connectivity index (χ0) is 33.2. The van der Waals surface area contributed by atoms with Crippen LogP contribution in [-0.2, 0) is 37.9 Å². The van der Waals surface area contributed by atoms with Gasteiger partial charge in [-0.1, -0.05) is 48.0 Å². The molecule has 0 amide bonds. The Labute approximate surface area is 288 Å². The lowest BCUT2D eigenvalue weighted by Gasteiger charge is -2.71. The normalized spacial score (nSPS) is 43.8. The minimum absolute atomic E-state index is 0.0998. The molecule has 6 saturated heterocycles. The van der Waals surface area contributed by atoms with E-state index in [1.165, 1.54) is 33.3 Å². The van der Waals surface area contributed by atoms with Gasteiger partial charge in [0, 0.05) is 65.7 Å². The number of allylic oxidation sites excluding steroid dienone is 1. The smallest absolute Gasteiger partial charge is 0.329 e. The highest BCUT2D eigenvalue weighted by atomic mass is 16.7. The summed E-state index contributed by atoms with van der Waals surface area (Å²) in [5, 5.41) is 1.39. The highest BCUT2D eigenvalue weighted by Crippen LogP contribution is 2.70. The monoisotopic (exact) mass is 660 g/mol. The number of rotatable bonds is 1. The van der Waals surface area contributed by atoms with Crippen LogP contribution >= 0.6 is 0 Å². The van der Waals surface area contributed by atoms with E-state index in [2.05, 4.69) is 102 Å². The van der Waals surface area contributed by atoms with Gasteiger partial charge in [-0.3, -0.25) is 9.80 Å². The van der Waals surface area contributed by atoms with Crippen LogP contribution in [0.2, 0.25) is 0 Å². The molecule has 1 aromatic heterocycles. The van der Waals surface area contributed by atoms with Crippen molar-refractivity contribution >= 4 is 22.6 Å². The van der Waals surface area contributed by atoms with E-state index in [1.54, 1.807) is 7.11 Å². The Balaban J connectivity index is 1.05. The molecule has 8 aliphatic heterocycles. The topological polar surface area (TPSA) is 59.4 Å². The SMILES string of the molecule is C/C=C1/CN2CC[C@@]34C[C@H]5C[C@@H]6C[C@@H]7c8c(c9ccccc9n8C)C[C@@H](N7C)[C@]6(C)O[C@H]5O[C@@]35[C@@H]2C[C@@H]1[C@@H](C(=O)OC)N5c1ccccc14. The molecule has 6 fully saturated rings. The first kappa shape index (κ1) is 29.5. The predicted octanol–water partition coefficient (Wildman–Crippen LogP) is 5.69. The summed E-state index contributed by atoms with van der Waals surface area (Å²) in [4.78, 5) is 21.8. The number of carbonyl (C=O) groups is 1. The van der Waals surface area contributed by atoms with E-state index in [0.717, 1.165) is 57.3 Å². The van der Waals surface area contributed by atoms with Gasteiger partial charge in [0.15, 0.2) is 12.0 Å². The van der Waals surface area contributed by atoms with E-state index in [1.807, 2.05) is 0 Å². The van der Waals surface area contributed by atoms with Gasteiger partial charge in [0.25, 0.3) is 0 Å². The third kappa shape index (κ3) is 3.26. The number of hydrogen-bond acceptors (Lipinski definition) is 7. The van der Waals surface area contributed by atoms with Crippen molar-refractivity contribution in [2.45, 2.75) is 99.6 Å². The van der Waals surface area contributed by atoms with Crippen LogP contribution in [0.4, 0.5) is 5.69 Å². The number of aromatic nitrogens is 1. The van der Waals surface area contributed by atoms with Crippen LogP contribution in [0, 0.1) is 17.8 Å². The molecule has 49 heavy (non-hydrogen) atoms. The zero-order valence-corrected chi connectivity index (χ0v) is 29.4. The molecule has 256 valence electrons. The quantitative estimate of drug-likeness (QED) is 0.246. The summed E-state index contributed by atoms with van der Waals surface area (Å²) in [6.07, 6.45) is 8.06. The number of methoxy groups -OCH3 is 1. The summed E-state index contributed by atoms with van der Waals surface area (Å²) in [5.74, 6) is 0.682. The van der Waals surface area contributed by atoms with Crippen LogP contribution in [0.1, 0.15) is 68.8 Å². The van der Waals surface area contributed by atoms with Crippen LogP contribution in [0.25, 0.3) is 10.9 Å². The van der Waals surface area contributed by atoms with Crippen LogP contribution in [0.15, 0.2) is 60.2 Å². The molecule has 0 radical (unpaired) electrons. The number of esters is 1. The average Bonchev–Trinajstić information content (AvgIpc) is 3.54. The number of para-hydroxylation sites is 2. The summed E-state index contributed by atoms with van der Waals surface area (Å²) in [6.45, 7) is 6.47. The first-order valence-electron chi connectivity index (χ1n) is 18.7. The van der Waals surface area contributed by atoms with Crippen molar-refractivity contribution in [3.8, 4) is 0 Å².